The molecule has 8 nitrogen and oxygen atoms in total. The first-order chi connectivity index (χ1) is 12.1. The van der Waals surface area contributed by atoms with Crippen molar-refractivity contribution in [3.05, 3.63) is 30.9 Å². The van der Waals surface area contributed by atoms with Gasteiger partial charge in [-0.25, -0.2) is 15.0 Å². The minimum Gasteiger partial charge on any atom is -0.460 e. The molecule has 0 aromatic carbocycles. The smallest absolute Gasteiger partial charge is 0.312 e. The lowest BCUT2D eigenvalue weighted by Gasteiger charge is -2.37. The molecule has 1 atom stereocenters. The molecule has 4 heterocycles. The van der Waals surface area contributed by atoms with Crippen molar-refractivity contribution in [1.29, 1.82) is 0 Å². The number of cyclic esters (lactones) is 1. The number of anilines is 2. The quantitative estimate of drug-likeness (QED) is 0.828. The van der Waals surface area contributed by atoms with Crippen molar-refractivity contribution in [1.82, 2.24) is 19.5 Å². The summed E-state index contributed by atoms with van der Waals surface area (Å²) >= 11 is 0. The van der Waals surface area contributed by atoms with E-state index in [9.17, 15) is 9.18 Å². The predicted octanol–water partition coefficient (Wildman–Crippen LogP) is 0.997. The van der Waals surface area contributed by atoms with Crippen LogP contribution in [0.25, 0.3) is 0 Å². The van der Waals surface area contributed by atoms with Gasteiger partial charge in [-0.15, -0.1) is 0 Å². The van der Waals surface area contributed by atoms with Gasteiger partial charge < -0.3 is 19.9 Å². The number of piperidine rings is 1. The van der Waals surface area contributed by atoms with Crippen LogP contribution in [0.4, 0.5) is 16.0 Å². The highest BCUT2D eigenvalue weighted by atomic mass is 19.1. The van der Waals surface area contributed by atoms with Gasteiger partial charge >= 0.3 is 5.97 Å². The van der Waals surface area contributed by atoms with Gasteiger partial charge in [-0.2, -0.15) is 4.39 Å². The summed E-state index contributed by atoms with van der Waals surface area (Å²) in [5.41, 5.74) is 5.02. The number of carbonyl (C=O) groups is 1. The van der Waals surface area contributed by atoms with E-state index in [2.05, 4.69) is 15.0 Å². The minimum atomic E-state index is -0.606. The minimum absolute atomic E-state index is 0.153. The van der Waals surface area contributed by atoms with E-state index in [-0.39, 0.29) is 23.7 Å². The number of imidazole rings is 1. The Labute approximate surface area is 143 Å². The van der Waals surface area contributed by atoms with Gasteiger partial charge in [0.15, 0.2) is 11.6 Å². The van der Waals surface area contributed by atoms with Gasteiger partial charge in [0.1, 0.15) is 12.4 Å². The highest BCUT2D eigenvalue weighted by Gasteiger charge is 2.50. The molecule has 1 spiro atoms. The molecule has 4 rings (SSSR count). The number of ether oxygens (including phenoxy) is 1. The van der Waals surface area contributed by atoms with Crippen molar-refractivity contribution in [3.63, 3.8) is 0 Å². The lowest BCUT2D eigenvalue weighted by atomic mass is 9.76. The number of nitrogens with zero attached hydrogens (tertiary/aromatic N) is 5. The average molecular weight is 346 g/mol. The molecule has 2 aromatic rings. The molecule has 0 radical (unpaired) electrons. The summed E-state index contributed by atoms with van der Waals surface area (Å²) in [5.74, 6) is -0.722. The van der Waals surface area contributed by atoms with E-state index in [1.165, 1.54) is 6.33 Å². The summed E-state index contributed by atoms with van der Waals surface area (Å²) in [6.45, 7) is 1.66. The van der Waals surface area contributed by atoms with Gasteiger partial charge in [-0.05, 0) is 12.8 Å². The number of carbonyl (C=O) groups excluding carboxylic acids is 1. The van der Waals surface area contributed by atoms with Crippen molar-refractivity contribution < 1.29 is 13.9 Å². The van der Waals surface area contributed by atoms with Crippen LogP contribution in [0.2, 0.25) is 0 Å². The zero-order chi connectivity index (χ0) is 17.4. The zero-order valence-corrected chi connectivity index (χ0v) is 13.6. The lowest BCUT2D eigenvalue weighted by Crippen LogP contribution is -2.43. The molecule has 0 amide bonds. The molecule has 2 aliphatic rings. The van der Waals surface area contributed by atoms with Gasteiger partial charge in [0.05, 0.1) is 18.3 Å². The Morgan fingerprint density at radius 2 is 2.16 bits per heavy atom. The first-order valence-corrected chi connectivity index (χ1v) is 8.25. The Kier molecular flexibility index (Phi) is 3.78. The van der Waals surface area contributed by atoms with Gasteiger partial charge in [0, 0.05) is 31.9 Å². The number of nitrogens with two attached hydrogens (primary N) is 1. The molecule has 0 aliphatic carbocycles. The molecule has 9 heteroatoms. The second-order valence-electron chi connectivity index (χ2n) is 6.65. The number of halogens is 1. The van der Waals surface area contributed by atoms with Crippen molar-refractivity contribution in [2.75, 3.05) is 23.7 Å². The monoisotopic (exact) mass is 346 g/mol. The SMILES string of the molecule is Nc1ncnc(N2CCC3(CC2)CC(Cn2ccnc2)OC3=O)c1F. The summed E-state index contributed by atoms with van der Waals surface area (Å²) in [6, 6.07) is 0. The normalized spacial score (nSPS) is 22.4. The zero-order valence-electron chi connectivity index (χ0n) is 13.6. The van der Waals surface area contributed by atoms with Crippen LogP contribution in [0.3, 0.4) is 0 Å². The van der Waals surface area contributed by atoms with Crippen LogP contribution >= 0.6 is 0 Å². The van der Waals surface area contributed by atoms with Crippen LogP contribution in [-0.2, 0) is 16.1 Å². The van der Waals surface area contributed by atoms with E-state index in [4.69, 9.17) is 10.5 Å². The summed E-state index contributed by atoms with van der Waals surface area (Å²) < 4.78 is 21.6. The summed E-state index contributed by atoms with van der Waals surface area (Å²) in [6.07, 6.45) is 8.25. The third kappa shape index (κ3) is 2.79. The molecule has 2 aliphatic heterocycles. The van der Waals surface area contributed by atoms with E-state index in [0.29, 0.717) is 38.9 Å². The average Bonchev–Trinajstić information content (AvgIpc) is 3.20. The number of hydrogen-bond donors (Lipinski definition) is 1. The third-order valence-electron chi connectivity index (χ3n) is 5.12. The molecule has 2 saturated heterocycles. The van der Waals surface area contributed by atoms with E-state index in [1.807, 2.05) is 15.7 Å². The van der Waals surface area contributed by atoms with Crippen LogP contribution in [0.15, 0.2) is 25.0 Å². The summed E-state index contributed by atoms with van der Waals surface area (Å²) in [5, 5.41) is 0. The van der Waals surface area contributed by atoms with Gasteiger partial charge in [-0.3, -0.25) is 4.79 Å². The van der Waals surface area contributed by atoms with Crippen molar-refractivity contribution in [2.45, 2.75) is 31.9 Å². The molecule has 0 saturated carbocycles. The van der Waals surface area contributed by atoms with E-state index < -0.39 is 11.2 Å². The maximum atomic E-state index is 14.1. The van der Waals surface area contributed by atoms with Crippen LogP contribution in [0.5, 0.6) is 0 Å². The van der Waals surface area contributed by atoms with Gasteiger partial charge in [-0.1, -0.05) is 0 Å². The Bertz CT molecular complexity index is 773. The molecular formula is C16H19FN6O2. The van der Waals surface area contributed by atoms with Gasteiger partial charge in [0.2, 0.25) is 5.82 Å². The number of nitrogen functional groups attached to an aromatic ring is 1. The van der Waals surface area contributed by atoms with Gasteiger partial charge in [0.25, 0.3) is 0 Å². The molecule has 132 valence electrons. The molecule has 25 heavy (non-hydrogen) atoms. The van der Waals surface area contributed by atoms with Crippen LogP contribution < -0.4 is 10.6 Å². The summed E-state index contributed by atoms with van der Waals surface area (Å²) in [4.78, 5) is 25.9. The Morgan fingerprint density at radius 3 is 2.88 bits per heavy atom. The fourth-order valence-electron chi connectivity index (χ4n) is 3.72. The molecule has 2 aromatic heterocycles. The largest absolute Gasteiger partial charge is 0.460 e. The summed E-state index contributed by atoms with van der Waals surface area (Å²) in [7, 11) is 0. The number of rotatable bonds is 3. The van der Waals surface area contributed by atoms with Crippen LogP contribution in [0, 0.1) is 11.2 Å². The highest BCUT2D eigenvalue weighted by Crippen LogP contribution is 2.44. The molecule has 2 N–H and O–H groups in total. The predicted molar refractivity (Wildman–Crippen MR) is 87.0 cm³/mol. The second-order valence-corrected chi connectivity index (χ2v) is 6.65. The number of esters is 1. The lowest BCUT2D eigenvalue weighted by molar-refractivity contribution is -0.150. The van der Waals surface area contributed by atoms with E-state index in [0.717, 1.165) is 0 Å². The first kappa shape index (κ1) is 15.8. The molecule has 2 fully saturated rings. The third-order valence-corrected chi connectivity index (χ3v) is 5.12. The Balaban J connectivity index is 1.44. The number of hydrogen-bond acceptors (Lipinski definition) is 7. The molecule has 1 unspecified atom stereocenters. The number of aromatic nitrogens is 4. The Hall–Kier alpha value is -2.71. The standard InChI is InChI=1S/C16H19FN6O2/c17-12-13(18)20-9-21-14(12)23-4-1-16(2-5-23)7-11(25-15(16)24)8-22-6-3-19-10-22/h3,6,9-11H,1-2,4-5,7-8H2,(H2,18,20,21). The van der Waals surface area contributed by atoms with Crippen molar-refractivity contribution >= 4 is 17.6 Å². The highest BCUT2D eigenvalue weighted by molar-refractivity contribution is 5.79. The maximum Gasteiger partial charge on any atom is 0.312 e. The van der Waals surface area contributed by atoms with Crippen LogP contribution in [-0.4, -0.2) is 44.7 Å². The fraction of sp³-hybridized carbons (Fsp3) is 0.500. The topological polar surface area (TPSA) is 99.2 Å². The van der Waals surface area contributed by atoms with E-state index in [1.54, 1.807) is 12.5 Å². The molecule has 0 bridgehead atoms. The molecular weight excluding hydrogens is 327 g/mol. The Morgan fingerprint density at radius 1 is 1.36 bits per heavy atom. The second kappa shape index (κ2) is 5.98. The van der Waals surface area contributed by atoms with Crippen molar-refractivity contribution in [2.24, 2.45) is 5.41 Å². The van der Waals surface area contributed by atoms with Crippen LogP contribution in [0.1, 0.15) is 19.3 Å². The van der Waals surface area contributed by atoms with Crippen molar-refractivity contribution in [3.8, 4) is 0 Å². The maximum absolute atomic E-state index is 14.1. The fourth-order valence-corrected chi connectivity index (χ4v) is 3.72. The van der Waals surface area contributed by atoms with E-state index >= 15 is 0 Å². The first-order valence-electron chi connectivity index (χ1n) is 8.25.